The van der Waals surface area contributed by atoms with Crippen LogP contribution in [0.4, 0.5) is 11.5 Å². The quantitative estimate of drug-likeness (QED) is 0.420. The molecule has 3 aromatic rings. The summed E-state index contributed by atoms with van der Waals surface area (Å²) >= 11 is 0. The van der Waals surface area contributed by atoms with Crippen LogP contribution in [0.15, 0.2) is 36.4 Å². The first-order valence-electron chi connectivity index (χ1n) is 15.7. The lowest BCUT2D eigenvalue weighted by atomic mass is 9.96. The molecule has 5 heterocycles. The van der Waals surface area contributed by atoms with E-state index < -0.39 is 0 Å². The van der Waals surface area contributed by atoms with Crippen molar-refractivity contribution in [2.45, 2.75) is 83.0 Å². The molecule has 0 amide bonds. The van der Waals surface area contributed by atoms with E-state index in [2.05, 4.69) is 70.4 Å². The Labute approximate surface area is 240 Å². The van der Waals surface area contributed by atoms with Crippen molar-refractivity contribution in [1.29, 1.82) is 0 Å². The SMILES string of the molecule is CCCCc1cccc2cccc(N3CCc4c(nc(OC[C@@H]5CCCN5C)nc4N4CC5CCC(C4)N5)C3)c12.[HH]. The Morgan fingerprint density at radius 2 is 1.82 bits per heavy atom. The molecule has 2 aromatic carbocycles. The van der Waals surface area contributed by atoms with Crippen LogP contribution in [0.25, 0.3) is 10.8 Å². The highest BCUT2D eigenvalue weighted by atomic mass is 16.5. The third kappa shape index (κ3) is 5.03. The highest BCUT2D eigenvalue weighted by Gasteiger charge is 2.35. The van der Waals surface area contributed by atoms with Crippen LogP contribution in [0.1, 0.15) is 63.7 Å². The molecule has 1 aromatic heterocycles. The first-order chi connectivity index (χ1) is 19.7. The number of hydrogen-bond acceptors (Lipinski definition) is 7. The monoisotopic (exact) mass is 542 g/mol. The number of aryl methyl sites for hydroxylation is 1. The Bertz CT molecular complexity index is 1350. The fraction of sp³-hybridized carbons (Fsp3) is 0.576. The smallest absolute Gasteiger partial charge is 0.318 e. The minimum atomic E-state index is 0. The van der Waals surface area contributed by atoms with Crippen molar-refractivity contribution in [2.24, 2.45) is 0 Å². The van der Waals surface area contributed by atoms with E-state index in [4.69, 9.17) is 14.7 Å². The highest BCUT2D eigenvalue weighted by molar-refractivity contribution is 5.97. The lowest BCUT2D eigenvalue weighted by Gasteiger charge is -2.37. The number of likely N-dealkylation sites (tertiary alicyclic amines) is 1. The van der Waals surface area contributed by atoms with Gasteiger partial charge in [-0.15, -0.1) is 0 Å². The maximum atomic E-state index is 6.38. The van der Waals surface area contributed by atoms with Gasteiger partial charge in [-0.25, -0.2) is 0 Å². The van der Waals surface area contributed by atoms with Crippen molar-refractivity contribution in [1.82, 2.24) is 20.2 Å². The molecule has 7 nitrogen and oxygen atoms in total. The van der Waals surface area contributed by atoms with Gasteiger partial charge in [-0.3, -0.25) is 0 Å². The molecule has 1 N–H and O–H groups in total. The van der Waals surface area contributed by atoms with Crippen molar-refractivity contribution in [3.8, 4) is 6.01 Å². The van der Waals surface area contributed by atoms with Crippen LogP contribution >= 0.6 is 0 Å². The van der Waals surface area contributed by atoms with E-state index in [1.54, 1.807) is 0 Å². The lowest BCUT2D eigenvalue weighted by Crippen LogP contribution is -2.52. The Balaban J connectivity index is 0.00000302. The predicted octanol–water partition coefficient (Wildman–Crippen LogP) is 5.19. The molecule has 3 fully saturated rings. The number of aromatic nitrogens is 2. The van der Waals surface area contributed by atoms with E-state index in [1.807, 2.05) is 0 Å². The molecule has 7 rings (SSSR count). The number of fused-ring (bicyclic) bond motifs is 4. The van der Waals surface area contributed by atoms with Gasteiger partial charge in [-0.05, 0) is 75.6 Å². The largest absolute Gasteiger partial charge is 0.462 e. The highest BCUT2D eigenvalue weighted by Crippen LogP contribution is 2.37. The second kappa shape index (κ2) is 11.2. The van der Waals surface area contributed by atoms with Gasteiger partial charge in [0.05, 0.1) is 12.2 Å². The van der Waals surface area contributed by atoms with E-state index >= 15 is 0 Å². The van der Waals surface area contributed by atoms with Gasteiger partial charge < -0.3 is 24.8 Å². The van der Waals surface area contributed by atoms with Crippen molar-refractivity contribution in [3.05, 3.63) is 53.2 Å². The van der Waals surface area contributed by atoms with E-state index in [9.17, 15) is 0 Å². The molecule has 0 spiro atoms. The number of ether oxygens (including phenoxy) is 1. The Kier molecular flexibility index (Phi) is 7.27. The van der Waals surface area contributed by atoms with Crippen molar-refractivity contribution < 1.29 is 6.16 Å². The third-order valence-corrected chi connectivity index (χ3v) is 9.72. The maximum Gasteiger partial charge on any atom is 0.318 e. The number of unbranched alkanes of at least 4 members (excludes halogenated alkanes) is 1. The molecular formula is C33H46N6O. The molecule has 0 aliphatic carbocycles. The molecule has 7 heteroatoms. The van der Waals surface area contributed by atoms with Crippen molar-refractivity contribution >= 4 is 22.3 Å². The van der Waals surface area contributed by atoms with Gasteiger partial charge in [0.1, 0.15) is 12.4 Å². The summed E-state index contributed by atoms with van der Waals surface area (Å²) < 4.78 is 6.38. The molecule has 2 unspecified atom stereocenters. The first-order valence-corrected chi connectivity index (χ1v) is 15.7. The van der Waals surface area contributed by atoms with E-state index in [-0.39, 0.29) is 1.43 Å². The molecule has 0 saturated carbocycles. The minimum absolute atomic E-state index is 0. The molecular weight excluding hydrogens is 496 g/mol. The molecule has 3 saturated heterocycles. The van der Waals surface area contributed by atoms with Crippen LogP contribution < -0.4 is 19.9 Å². The zero-order valence-corrected chi connectivity index (χ0v) is 24.2. The second-order valence-electron chi connectivity index (χ2n) is 12.5. The molecule has 214 valence electrons. The molecule has 2 bridgehead atoms. The summed E-state index contributed by atoms with van der Waals surface area (Å²) in [6.45, 7) is 7.92. The molecule has 40 heavy (non-hydrogen) atoms. The summed E-state index contributed by atoms with van der Waals surface area (Å²) in [5.41, 5.74) is 5.27. The molecule has 4 aliphatic rings. The zero-order chi connectivity index (χ0) is 27.1. The number of nitrogens with zero attached hydrogens (tertiary/aromatic N) is 5. The summed E-state index contributed by atoms with van der Waals surface area (Å²) in [4.78, 5) is 17.7. The minimum Gasteiger partial charge on any atom is -0.462 e. The van der Waals surface area contributed by atoms with Crippen molar-refractivity contribution in [3.63, 3.8) is 0 Å². The predicted molar refractivity (Wildman–Crippen MR) is 165 cm³/mol. The summed E-state index contributed by atoms with van der Waals surface area (Å²) in [6, 6.07) is 15.7. The van der Waals surface area contributed by atoms with Crippen LogP contribution in [0.2, 0.25) is 0 Å². The van der Waals surface area contributed by atoms with Gasteiger partial charge in [0.2, 0.25) is 0 Å². The number of rotatable bonds is 8. The van der Waals surface area contributed by atoms with Gasteiger partial charge in [0.15, 0.2) is 0 Å². The summed E-state index contributed by atoms with van der Waals surface area (Å²) in [7, 11) is 2.20. The van der Waals surface area contributed by atoms with Crippen LogP contribution in [-0.4, -0.2) is 72.8 Å². The van der Waals surface area contributed by atoms with Gasteiger partial charge >= 0.3 is 6.01 Å². The van der Waals surface area contributed by atoms with Gasteiger partial charge in [-0.2, -0.15) is 9.97 Å². The lowest BCUT2D eigenvalue weighted by molar-refractivity contribution is 0.187. The zero-order valence-electron chi connectivity index (χ0n) is 24.2. The van der Waals surface area contributed by atoms with Crippen LogP contribution in [0.3, 0.4) is 0 Å². The van der Waals surface area contributed by atoms with E-state index in [0.717, 1.165) is 57.1 Å². The number of nitrogens with one attached hydrogen (secondary N) is 1. The molecule has 3 atom stereocenters. The number of anilines is 2. The number of hydrogen-bond donors (Lipinski definition) is 1. The average molecular weight is 543 g/mol. The van der Waals surface area contributed by atoms with E-state index in [0.29, 0.717) is 30.7 Å². The Morgan fingerprint density at radius 3 is 2.60 bits per heavy atom. The van der Waals surface area contributed by atoms with Crippen LogP contribution in [0, 0.1) is 0 Å². The van der Waals surface area contributed by atoms with Gasteiger partial charge in [-0.1, -0.05) is 43.7 Å². The van der Waals surface area contributed by atoms with Crippen LogP contribution in [-0.2, 0) is 19.4 Å². The molecule has 4 aliphatic heterocycles. The van der Waals surface area contributed by atoms with E-state index in [1.165, 1.54) is 66.1 Å². The normalized spacial score (nSPS) is 24.6. The number of likely N-dealkylation sites (N-methyl/N-ethyl adjacent to an activating group) is 1. The summed E-state index contributed by atoms with van der Waals surface area (Å²) in [6.07, 6.45) is 9.47. The fourth-order valence-electron chi connectivity index (χ4n) is 7.49. The summed E-state index contributed by atoms with van der Waals surface area (Å²) in [5.74, 6) is 1.12. The van der Waals surface area contributed by atoms with Crippen LogP contribution in [0.5, 0.6) is 6.01 Å². The molecule has 0 radical (unpaired) electrons. The maximum absolute atomic E-state index is 6.38. The van der Waals surface area contributed by atoms with Gasteiger partial charge in [0.25, 0.3) is 0 Å². The first kappa shape index (κ1) is 26.0. The second-order valence-corrected chi connectivity index (χ2v) is 12.5. The third-order valence-electron chi connectivity index (χ3n) is 9.72. The average Bonchev–Trinajstić information content (AvgIpc) is 3.56. The number of piperazine rings is 1. The summed E-state index contributed by atoms with van der Waals surface area (Å²) in [5, 5.41) is 6.53. The fourth-order valence-corrected chi connectivity index (χ4v) is 7.49. The Hall–Kier alpha value is -2.90. The van der Waals surface area contributed by atoms with Gasteiger partial charge in [0, 0.05) is 55.8 Å². The standard InChI is InChI=1S/C33H44N6O.H2/c1-3-4-8-23-9-5-10-24-11-6-13-30(31(23)24)38-18-16-28-29(21-38)35-33(40-22-27-12-7-17-37(27)2)36-32(28)39-19-25-14-15-26(20-39)34-25;/h5-6,9-11,13,25-27,34H,3-4,7-8,12,14-22H2,1-2H3;1H/t25?,26?,27-;/m0./s1. The number of benzene rings is 2. The topological polar surface area (TPSA) is 56.8 Å². The Morgan fingerprint density at radius 1 is 1.00 bits per heavy atom. The van der Waals surface area contributed by atoms with Crippen molar-refractivity contribution in [2.75, 3.05) is 49.6 Å².